The molecule has 0 saturated carbocycles. The first-order chi connectivity index (χ1) is 3.27. The minimum absolute atomic E-state index is 0.277. The second-order valence-corrected chi connectivity index (χ2v) is 1.31. The Balaban J connectivity index is 2.82. The molecule has 2 nitrogen and oxygen atoms in total. The van der Waals surface area contributed by atoms with Gasteiger partial charge in [0.2, 0.25) is 0 Å². The lowest BCUT2D eigenvalue weighted by molar-refractivity contribution is 0.106. The molecule has 0 bridgehead atoms. The fraction of sp³-hybridized carbons (Fsp3) is 0.500. The Morgan fingerprint density at radius 1 is 1.86 bits per heavy atom. The predicted octanol–water partition coefficient (Wildman–Crippen LogP) is 1.27. The highest BCUT2D eigenvalue weighted by molar-refractivity contribution is 6.17. The van der Waals surface area contributed by atoms with Crippen molar-refractivity contribution in [2.45, 2.75) is 0 Å². The Hall–Kier alpha value is -0.370. The molecule has 0 saturated heterocycles. The molecule has 0 aromatic carbocycles. The summed E-state index contributed by atoms with van der Waals surface area (Å²) in [5.41, 5.74) is 0. The van der Waals surface area contributed by atoms with Crippen LogP contribution in [0.5, 0.6) is 0 Å². The lowest BCUT2D eigenvalue weighted by Gasteiger charge is -1.96. The van der Waals surface area contributed by atoms with E-state index in [1.165, 1.54) is 0 Å². The van der Waals surface area contributed by atoms with Crippen molar-refractivity contribution in [3.8, 4) is 0 Å². The molecule has 0 aliphatic heterocycles. The van der Waals surface area contributed by atoms with Gasteiger partial charge in [0.1, 0.15) is 6.61 Å². The minimum atomic E-state index is -0.277. The van der Waals surface area contributed by atoms with E-state index in [2.05, 4.69) is 11.3 Å². The summed E-state index contributed by atoms with van der Waals surface area (Å²) < 4.78 is 4.42. The van der Waals surface area contributed by atoms with Crippen LogP contribution in [0.2, 0.25) is 0 Å². The lowest BCUT2D eigenvalue weighted by Crippen LogP contribution is -1.92. The maximum Gasteiger partial charge on any atom is 0.269 e. The van der Waals surface area contributed by atoms with Crippen LogP contribution >= 0.6 is 11.6 Å². The van der Waals surface area contributed by atoms with Crippen LogP contribution in [0.1, 0.15) is 0 Å². The fourth-order valence-corrected chi connectivity index (χ4v) is 0.234. The number of rotatable bonds is 3. The van der Waals surface area contributed by atoms with Gasteiger partial charge in [-0.2, -0.15) is 0 Å². The van der Waals surface area contributed by atoms with Crippen LogP contribution in [0.15, 0.2) is 12.5 Å². The summed E-state index contributed by atoms with van der Waals surface area (Å²) in [5.74, 6) is 0.0974. The average molecular weight is 123 g/mol. The second kappa shape index (κ2) is 3.81. The Labute approximate surface area is 47.4 Å². The normalized spacial score (nSPS) is 8.14. The van der Waals surface area contributed by atoms with Crippen molar-refractivity contribution in [3.05, 3.63) is 12.5 Å². The van der Waals surface area contributed by atoms with Crippen molar-refractivity contribution in [1.82, 2.24) is 0 Å². The Bertz CT molecular complexity index is 62.7. The molecule has 3 heteroatoms. The highest BCUT2D eigenvalue weighted by Gasteiger charge is 1.82. The number of aliphatic hydroxyl groups is 1. The summed E-state index contributed by atoms with van der Waals surface area (Å²) in [6.45, 7) is 3.38. The molecule has 0 fully saturated rings. The van der Waals surface area contributed by atoms with Crippen LogP contribution in [0.25, 0.3) is 0 Å². The van der Waals surface area contributed by atoms with Gasteiger partial charge < -0.3 is 9.84 Å². The number of halogens is 1. The molecule has 1 N–H and O–H groups in total. The summed E-state index contributed by atoms with van der Waals surface area (Å²) in [7, 11) is 0. The zero-order valence-corrected chi connectivity index (χ0v) is 4.61. The van der Waals surface area contributed by atoms with E-state index >= 15 is 0 Å². The van der Waals surface area contributed by atoms with Crippen molar-refractivity contribution in [3.63, 3.8) is 0 Å². The second-order valence-electron chi connectivity index (χ2n) is 0.931. The van der Waals surface area contributed by atoms with Crippen LogP contribution in [0.3, 0.4) is 0 Å². The molecule has 0 aromatic heterocycles. The summed E-state index contributed by atoms with van der Waals surface area (Å²) in [5, 5.41) is 8.21. The first-order valence-electron chi connectivity index (χ1n) is 1.84. The molecule has 0 aliphatic rings. The molecule has 0 radical (unpaired) electrons. The first kappa shape index (κ1) is 6.63. The average Bonchev–Trinajstić information content (AvgIpc) is 1.61. The number of ether oxygens (including phenoxy) is 1. The molecule has 0 atom stereocenters. The number of hydrogen-bond acceptors (Lipinski definition) is 2. The van der Waals surface area contributed by atoms with Crippen LogP contribution in [-0.4, -0.2) is 17.6 Å². The molecule has 7 heavy (non-hydrogen) atoms. The van der Waals surface area contributed by atoms with E-state index in [9.17, 15) is 0 Å². The van der Waals surface area contributed by atoms with Gasteiger partial charge in [-0.25, -0.2) is 0 Å². The standard InChI is InChI=1S/C4H7ClO2/c1-4(6)7-3-2-5/h6H,1-3H2. The largest absolute Gasteiger partial charge is 0.481 e. The number of hydrogen-bond donors (Lipinski definition) is 1. The van der Waals surface area contributed by atoms with Gasteiger partial charge in [0.25, 0.3) is 5.95 Å². The van der Waals surface area contributed by atoms with Crippen LogP contribution in [-0.2, 0) is 4.74 Å². The van der Waals surface area contributed by atoms with Crippen LogP contribution in [0.4, 0.5) is 0 Å². The topological polar surface area (TPSA) is 29.5 Å². The van der Waals surface area contributed by atoms with Crippen LogP contribution < -0.4 is 0 Å². The van der Waals surface area contributed by atoms with Gasteiger partial charge in [-0.05, 0) is 6.58 Å². The molecular formula is C4H7ClO2. The van der Waals surface area contributed by atoms with E-state index in [1.54, 1.807) is 0 Å². The Morgan fingerprint density at radius 2 is 2.43 bits per heavy atom. The van der Waals surface area contributed by atoms with Gasteiger partial charge in [-0.3, -0.25) is 0 Å². The van der Waals surface area contributed by atoms with Crippen molar-refractivity contribution in [2.24, 2.45) is 0 Å². The van der Waals surface area contributed by atoms with E-state index in [0.29, 0.717) is 12.5 Å². The monoisotopic (exact) mass is 122 g/mol. The molecule has 0 heterocycles. The molecule has 0 unspecified atom stereocenters. The molecule has 0 aromatic rings. The van der Waals surface area contributed by atoms with Crippen LogP contribution in [0, 0.1) is 0 Å². The quantitative estimate of drug-likeness (QED) is 0.451. The smallest absolute Gasteiger partial charge is 0.269 e. The van der Waals surface area contributed by atoms with Gasteiger partial charge in [0.05, 0.1) is 5.88 Å². The molecule has 42 valence electrons. The number of alkyl halides is 1. The Kier molecular flexibility index (Phi) is 3.61. The highest BCUT2D eigenvalue weighted by Crippen LogP contribution is 1.85. The third kappa shape index (κ3) is 5.63. The van der Waals surface area contributed by atoms with Gasteiger partial charge >= 0.3 is 0 Å². The van der Waals surface area contributed by atoms with E-state index in [1.807, 2.05) is 0 Å². The van der Waals surface area contributed by atoms with E-state index in [-0.39, 0.29) is 5.95 Å². The summed E-state index contributed by atoms with van der Waals surface area (Å²) in [6.07, 6.45) is 0. The molecule has 0 amide bonds. The highest BCUT2D eigenvalue weighted by atomic mass is 35.5. The maximum atomic E-state index is 8.21. The zero-order valence-electron chi connectivity index (χ0n) is 3.85. The third-order valence-electron chi connectivity index (χ3n) is 0.346. The van der Waals surface area contributed by atoms with Crippen molar-refractivity contribution in [1.29, 1.82) is 0 Å². The Morgan fingerprint density at radius 3 is 2.57 bits per heavy atom. The molecule has 0 spiro atoms. The van der Waals surface area contributed by atoms with Gasteiger partial charge in [-0.1, -0.05) is 0 Å². The van der Waals surface area contributed by atoms with Crippen molar-refractivity contribution < 1.29 is 9.84 Å². The van der Waals surface area contributed by atoms with Crippen molar-refractivity contribution in [2.75, 3.05) is 12.5 Å². The van der Waals surface area contributed by atoms with E-state index in [0.717, 1.165) is 0 Å². The maximum absolute atomic E-state index is 8.21. The molecule has 0 aliphatic carbocycles. The number of aliphatic hydroxyl groups excluding tert-OH is 1. The summed E-state index contributed by atoms with van der Waals surface area (Å²) in [4.78, 5) is 0. The van der Waals surface area contributed by atoms with Crippen molar-refractivity contribution >= 4 is 11.6 Å². The minimum Gasteiger partial charge on any atom is -0.481 e. The first-order valence-corrected chi connectivity index (χ1v) is 2.37. The van der Waals surface area contributed by atoms with E-state index in [4.69, 9.17) is 16.7 Å². The SMILES string of the molecule is C=C(O)OCCCl. The van der Waals surface area contributed by atoms with Gasteiger partial charge in [0.15, 0.2) is 0 Å². The van der Waals surface area contributed by atoms with Gasteiger partial charge in [0, 0.05) is 0 Å². The van der Waals surface area contributed by atoms with E-state index < -0.39 is 0 Å². The summed E-state index contributed by atoms with van der Waals surface area (Å²) in [6, 6.07) is 0. The fourth-order valence-electron chi connectivity index (χ4n) is 0.156. The third-order valence-corrected chi connectivity index (χ3v) is 0.500. The lowest BCUT2D eigenvalue weighted by atomic mass is 10.8. The molecular weight excluding hydrogens is 115 g/mol. The zero-order chi connectivity index (χ0) is 5.70. The predicted molar refractivity (Wildman–Crippen MR) is 28.4 cm³/mol. The molecule has 0 rings (SSSR count). The van der Waals surface area contributed by atoms with Gasteiger partial charge in [-0.15, -0.1) is 11.6 Å². The summed E-state index contributed by atoms with van der Waals surface area (Å²) >= 11 is 5.17.